The largest absolute Gasteiger partial charge is 0.462 e. The van der Waals surface area contributed by atoms with Crippen molar-refractivity contribution in [1.82, 2.24) is 0 Å². The zero-order chi connectivity index (χ0) is 40.7. The summed E-state index contributed by atoms with van der Waals surface area (Å²) in [5.74, 6) is -0.376. The second-order valence-corrected chi connectivity index (χ2v) is 17.5. The van der Waals surface area contributed by atoms with Crippen molar-refractivity contribution in [2.45, 2.75) is 297 Å². The molecule has 0 saturated heterocycles. The van der Waals surface area contributed by atoms with Crippen molar-refractivity contribution in [3.8, 4) is 0 Å². The highest BCUT2D eigenvalue weighted by Crippen LogP contribution is 2.16. The van der Waals surface area contributed by atoms with Crippen LogP contribution in [0.1, 0.15) is 290 Å². The minimum Gasteiger partial charge on any atom is -0.462 e. The van der Waals surface area contributed by atoms with E-state index >= 15 is 0 Å². The Morgan fingerprint density at radius 3 is 0.911 bits per heavy atom. The molecule has 56 heavy (non-hydrogen) atoms. The van der Waals surface area contributed by atoms with Gasteiger partial charge in [0, 0.05) is 19.4 Å². The Labute approximate surface area is 351 Å². The van der Waals surface area contributed by atoms with Gasteiger partial charge in [-0.15, -0.1) is 0 Å². The van der Waals surface area contributed by atoms with Gasteiger partial charge < -0.3 is 14.2 Å². The summed E-state index contributed by atoms with van der Waals surface area (Å²) in [6.07, 6.45) is 52.5. The van der Waals surface area contributed by atoms with Crippen molar-refractivity contribution < 1.29 is 23.8 Å². The maximum absolute atomic E-state index is 12.7. The number of carbonyl (C=O) groups excluding carboxylic acids is 2. The van der Waals surface area contributed by atoms with Gasteiger partial charge in [0.15, 0.2) is 6.10 Å². The third-order valence-electron chi connectivity index (χ3n) is 11.6. The Hall–Kier alpha value is -1.10. The number of unbranched alkanes of at least 4 members (excludes halogenated alkanes) is 37. The zero-order valence-corrected chi connectivity index (χ0v) is 38.4. The zero-order valence-electron chi connectivity index (χ0n) is 38.4. The Balaban J connectivity index is 4.10. The van der Waals surface area contributed by atoms with Crippen LogP contribution in [0.25, 0.3) is 0 Å². The van der Waals surface area contributed by atoms with Crippen LogP contribution < -0.4 is 0 Å². The van der Waals surface area contributed by atoms with Crippen molar-refractivity contribution >= 4 is 11.9 Å². The molecule has 0 aliphatic carbocycles. The lowest BCUT2D eigenvalue weighted by Crippen LogP contribution is -2.30. The molecule has 0 heterocycles. The Morgan fingerprint density at radius 1 is 0.321 bits per heavy atom. The van der Waals surface area contributed by atoms with Crippen LogP contribution in [0.3, 0.4) is 0 Å². The molecule has 0 amide bonds. The topological polar surface area (TPSA) is 61.8 Å². The Morgan fingerprint density at radius 2 is 0.589 bits per heavy atom. The van der Waals surface area contributed by atoms with Crippen molar-refractivity contribution in [3.05, 3.63) is 0 Å². The van der Waals surface area contributed by atoms with Crippen LogP contribution >= 0.6 is 0 Å². The number of hydrogen-bond acceptors (Lipinski definition) is 5. The lowest BCUT2D eigenvalue weighted by molar-refractivity contribution is -0.163. The number of ether oxygens (including phenoxy) is 3. The van der Waals surface area contributed by atoms with Crippen LogP contribution in [0.15, 0.2) is 0 Å². The quantitative estimate of drug-likeness (QED) is 0.0454. The second-order valence-electron chi connectivity index (χ2n) is 17.5. The minimum atomic E-state index is -0.521. The van der Waals surface area contributed by atoms with Gasteiger partial charge in [-0.1, -0.05) is 258 Å². The highest BCUT2D eigenvalue weighted by atomic mass is 16.6. The highest BCUT2D eigenvalue weighted by Gasteiger charge is 2.17. The fraction of sp³-hybridized carbons (Fsp3) is 0.961. The van der Waals surface area contributed by atoms with Gasteiger partial charge in [0.05, 0.1) is 6.61 Å². The molecule has 5 nitrogen and oxygen atoms in total. The van der Waals surface area contributed by atoms with Gasteiger partial charge in [0.1, 0.15) is 6.61 Å². The maximum atomic E-state index is 12.7. The molecule has 0 aliphatic heterocycles. The average Bonchev–Trinajstić information content (AvgIpc) is 3.20. The summed E-state index contributed by atoms with van der Waals surface area (Å²) >= 11 is 0. The van der Waals surface area contributed by atoms with Gasteiger partial charge in [0.25, 0.3) is 0 Å². The molecule has 0 radical (unpaired) electrons. The first-order chi connectivity index (χ1) is 27.6. The molecule has 0 fully saturated rings. The van der Waals surface area contributed by atoms with Crippen LogP contribution in [0.5, 0.6) is 0 Å². The molecule has 334 valence electrons. The molecule has 1 atom stereocenters. The summed E-state index contributed by atoms with van der Waals surface area (Å²) in [7, 11) is 0. The summed E-state index contributed by atoms with van der Waals surface area (Å²) in [5.41, 5.74) is 0. The van der Waals surface area contributed by atoms with Gasteiger partial charge in [-0.3, -0.25) is 9.59 Å². The molecular formula is C51H100O5. The van der Waals surface area contributed by atoms with Crippen LogP contribution in [0, 0.1) is 0 Å². The van der Waals surface area contributed by atoms with Crippen molar-refractivity contribution in [2.75, 3.05) is 19.8 Å². The van der Waals surface area contributed by atoms with Gasteiger partial charge >= 0.3 is 11.9 Å². The number of rotatable bonds is 48. The van der Waals surface area contributed by atoms with Crippen LogP contribution in [0.4, 0.5) is 0 Å². The monoisotopic (exact) mass is 793 g/mol. The standard InChI is InChI=1S/C51H100O5/c1-4-7-10-13-16-19-21-23-24-25-26-27-29-31-34-37-40-43-46-54-47-49(56-51(53)45-42-39-36-32-18-15-12-9-6-3)48-55-50(52)44-41-38-35-33-30-28-22-20-17-14-11-8-5-2/h49H,4-48H2,1-3H3. The molecule has 0 N–H and O–H groups in total. The summed E-state index contributed by atoms with van der Waals surface area (Å²) < 4.78 is 17.4. The summed E-state index contributed by atoms with van der Waals surface area (Å²) in [6.45, 7) is 7.88. The second kappa shape index (κ2) is 48.3. The van der Waals surface area contributed by atoms with E-state index in [-0.39, 0.29) is 18.5 Å². The molecule has 0 bridgehead atoms. The van der Waals surface area contributed by atoms with Gasteiger partial charge in [-0.05, 0) is 19.3 Å². The molecule has 0 aromatic rings. The van der Waals surface area contributed by atoms with Gasteiger partial charge in [0.2, 0.25) is 0 Å². The van der Waals surface area contributed by atoms with Gasteiger partial charge in [-0.25, -0.2) is 0 Å². The van der Waals surface area contributed by atoms with Crippen LogP contribution in [-0.4, -0.2) is 37.9 Å². The molecular weight excluding hydrogens is 693 g/mol. The maximum Gasteiger partial charge on any atom is 0.306 e. The van der Waals surface area contributed by atoms with E-state index in [1.807, 2.05) is 0 Å². The summed E-state index contributed by atoms with van der Waals surface area (Å²) in [6, 6.07) is 0. The third kappa shape index (κ3) is 45.6. The molecule has 1 unspecified atom stereocenters. The first-order valence-corrected chi connectivity index (χ1v) is 25.6. The normalized spacial score (nSPS) is 12.0. The van der Waals surface area contributed by atoms with E-state index in [0.29, 0.717) is 26.1 Å². The van der Waals surface area contributed by atoms with E-state index in [1.54, 1.807) is 0 Å². The van der Waals surface area contributed by atoms with E-state index < -0.39 is 6.10 Å². The fourth-order valence-corrected chi connectivity index (χ4v) is 7.81. The Kier molecular flexibility index (Phi) is 47.3. The van der Waals surface area contributed by atoms with Gasteiger partial charge in [-0.2, -0.15) is 0 Å². The molecule has 0 aliphatic rings. The molecule has 0 aromatic carbocycles. The van der Waals surface area contributed by atoms with Crippen molar-refractivity contribution in [2.24, 2.45) is 0 Å². The lowest BCUT2D eigenvalue weighted by Gasteiger charge is -2.18. The number of esters is 2. The van der Waals surface area contributed by atoms with E-state index in [1.165, 1.54) is 225 Å². The third-order valence-corrected chi connectivity index (χ3v) is 11.6. The molecule has 0 aromatic heterocycles. The number of carbonyl (C=O) groups is 2. The molecule has 0 spiro atoms. The molecule has 5 heteroatoms. The van der Waals surface area contributed by atoms with Crippen molar-refractivity contribution in [1.29, 1.82) is 0 Å². The smallest absolute Gasteiger partial charge is 0.306 e. The first kappa shape index (κ1) is 54.9. The first-order valence-electron chi connectivity index (χ1n) is 25.6. The van der Waals surface area contributed by atoms with E-state index in [2.05, 4.69) is 20.8 Å². The van der Waals surface area contributed by atoms with Crippen LogP contribution in [0.2, 0.25) is 0 Å². The van der Waals surface area contributed by atoms with Crippen molar-refractivity contribution in [3.63, 3.8) is 0 Å². The molecule has 0 rings (SSSR count). The summed E-state index contributed by atoms with van der Waals surface area (Å²) in [4.78, 5) is 25.2. The predicted molar refractivity (Wildman–Crippen MR) is 243 cm³/mol. The fourth-order valence-electron chi connectivity index (χ4n) is 7.81. The molecule has 0 saturated carbocycles. The average molecular weight is 793 g/mol. The minimum absolute atomic E-state index is 0.0971. The lowest BCUT2D eigenvalue weighted by atomic mass is 10.0. The van der Waals surface area contributed by atoms with Crippen LogP contribution in [-0.2, 0) is 23.8 Å². The predicted octanol–water partition coefficient (Wildman–Crippen LogP) is 16.9. The highest BCUT2D eigenvalue weighted by molar-refractivity contribution is 5.70. The summed E-state index contributed by atoms with van der Waals surface area (Å²) in [5, 5.41) is 0. The number of hydrogen-bond donors (Lipinski definition) is 0. The van der Waals surface area contributed by atoms with E-state index in [9.17, 15) is 9.59 Å². The van der Waals surface area contributed by atoms with E-state index in [4.69, 9.17) is 14.2 Å². The Bertz CT molecular complexity index is 769. The SMILES string of the molecule is CCCCCCCCCCCCCCCCCCCCOCC(COC(=O)CCCCCCCCCCCCCCC)OC(=O)CCCCCCCCCCC. The van der Waals surface area contributed by atoms with E-state index in [0.717, 1.165) is 32.1 Å².